The Morgan fingerprint density at radius 2 is 1.94 bits per heavy atom. The summed E-state index contributed by atoms with van der Waals surface area (Å²) in [6, 6.07) is 5.59. The minimum atomic E-state index is -0.403. The SMILES string of the molecule is CCOCCn1c(=O)c2c(nc3n2C[C@@H](C)CN3c2ccc(OC)cc2OC)n(C)c1=O. The van der Waals surface area contributed by atoms with Gasteiger partial charge in [-0.25, -0.2) is 4.79 Å². The molecule has 3 aromatic rings. The molecule has 0 saturated heterocycles. The highest BCUT2D eigenvalue weighted by atomic mass is 16.5. The van der Waals surface area contributed by atoms with Crippen LogP contribution in [0.1, 0.15) is 13.8 Å². The summed E-state index contributed by atoms with van der Waals surface area (Å²) in [5.41, 5.74) is 0.853. The van der Waals surface area contributed by atoms with Gasteiger partial charge in [-0.3, -0.25) is 13.9 Å². The van der Waals surface area contributed by atoms with Gasteiger partial charge in [-0.2, -0.15) is 4.98 Å². The first-order chi connectivity index (χ1) is 15.4. The van der Waals surface area contributed by atoms with Gasteiger partial charge >= 0.3 is 5.69 Å². The van der Waals surface area contributed by atoms with Crippen molar-refractivity contribution in [3.63, 3.8) is 0 Å². The van der Waals surface area contributed by atoms with Gasteiger partial charge in [0.1, 0.15) is 11.5 Å². The van der Waals surface area contributed by atoms with Crippen LogP contribution in [0.5, 0.6) is 11.5 Å². The van der Waals surface area contributed by atoms with E-state index in [4.69, 9.17) is 19.2 Å². The highest BCUT2D eigenvalue weighted by Crippen LogP contribution is 2.39. The topological polar surface area (TPSA) is 92.8 Å². The van der Waals surface area contributed by atoms with E-state index in [-0.39, 0.29) is 18.0 Å². The normalized spacial score (nSPS) is 15.8. The van der Waals surface area contributed by atoms with Gasteiger partial charge in [0.25, 0.3) is 5.56 Å². The minimum Gasteiger partial charge on any atom is -0.497 e. The molecule has 4 rings (SSSR count). The van der Waals surface area contributed by atoms with Crippen molar-refractivity contribution >= 4 is 22.8 Å². The number of rotatable bonds is 7. The molecular weight excluding hydrogens is 414 g/mol. The standard InChI is InChI=1S/C22H29N5O5/c1-6-32-10-9-25-20(28)18-19(24(3)22(25)29)23-21-26(12-14(2)13-27(18)21)16-8-7-15(30-4)11-17(16)31-5/h7-8,11,14H,6,9-10,12-13H2,1-5H3/t14-/m0/s1. The Morgan fingerprint density at radius 3 is 2.62 bits per heavy atom. The molecule has 32 heavy (non-hydrogen) atoms. The Hall–Kier alpha value is -3.27. The first-order valence-corrected chi connectivity index (χ1v) is 10.7. The molecule has 0 spiro atoms. The first-order valence-electron chi connectivity index (χ1n) is 10.7. The van der Waals surface area contributed by atoms with E-state index in [1.165, 1.54) is 9.13 Å². The van der Waals surface area contributed by atoms with E-state index in [0.29, 0.717) is 54.9 Å². The van der Waals surface area contributed by atoms with Gasteiger partial charge in [-0.15, -0.1) is 0 Å². The number of fused-ring (bicyclic) bond motifs is 3. The van der Waals surface area contributed by atoms with E-state index in [0.717, 1.165) is 5.69 Å². The molecule has 1 atom stereocenters. The predicted molar refractivity (Wildman–Crippen MR) is 121 cm³/mol. The summed E-state index contributed by atoms with van der Waals surface area (Å²) < 4.78 is 20.9. The van der Waals surface area contributed by atoms with Crippen molar-refractivity contribution in [3.8, 4) is 11.5 Å². The van der Waals surface area contributed by atoms with Crippen molar-refractivity contribution in [2.45, 2.75) is 26.9 Å². The van der Waals surface area contributed by atoms with E-state index in [1.807, 2.05) is 34.6 Å². The van der Waals surface area contributed by atoms with Crippen molar-refractivity contribution in [3.05, 3.63) is 39.0 Å². The van der Waals surface area contributed by atoms with Crippen LogP contribution in [0.4, 0.5) is 11.6 Å². The molecule has 1 aromatic carbocycles. The lowest BCUT2D eigenvalue weighted by Crippen LogP contribution is -2.41. The number of anilines is 2. The third kappa shape index (κ3) is 3.54. The average Bonchev–Trinajstić information content (AvgIpc) is 3.18. The Morgan fingerprint density at radius 1 is 1.16 bits per heavy atom. The van der Waals surface area contributed by atoms with Gasteiger partial charge in [0.2, 0.25) is 5.95 Å². The average molecular weight is 444 g/mol. The van der Waals surface area contributed by atoms with E-state index >= 15 is 0 Å². The molecule has 1 aliphatic rings. The molecule has 3 heterocycles. The zero-order chi connectivity index (χ0) is 23.0. The monoisotopic (exact) mass is 443 g/mol. The largest absolute Gasteiger partial charge is 0.497 e. The van der Waals surface area contributed by atoms with Crippen molar-refractivity contribution in [1.82, 2.24) is 18.7 Å². The molecular formula is C22H29N5O5. The minimum absolute atomic E-state index is 0.196. The first kappa shape index (κ1) is 21.9. The number of aromatic nitrogens is 4. The molecule has 0 fully saturated rings. The summed E-state index contributed by atoms with van der Waals surface area (Å²) in [6.07, 6.45) is 0. The zero-order valence-corrected chi connectivity index (χ0v) is 19.1. The number of hydrogen-bond donors (Lipinski definition) is 0. The molecule has 172 valence electrons. The van der Waals surface area contributed by atoms with Crippen LogP contribution in [0, 0.1) is 5.92 Å². The fourth-order valence-corrected chi connectivity index (χ4v) is 4.21. The smallest absolute Gasteiger partial charge is 0.332 e. The number of methoxy groups -OCH3 is 2. The highest BCUT2D eigenvalue weighted by Gasteiger charge is 2.31. The van der Waals surface area contributed by atoms with Crippen LogP contribution >= 0.6 is 0 Å². The molecule has 10 heteroatoms. The quantitative estimate of drug-likeness (QED) is 0.514. The second kappa shape index (κ2) is 8.70. The zero-order valence-electron chi connectivity index (χ0n) is 19.1. The van der Waals surface area contributed by atoms with Crippen molar-refractivity contribution in [2.24, 2.45) is 13.0 Å². The van der Waals surface area contributed by atoms with Crippen LogP contribution in [0.15, 0.2) is 27.8 Å². The highest BCUT2D eigenvalue weighted by molar-refractivity contribution is 5.78. The molecule has 1 aliphatic heterocycles. The number of aryl methyl sites for hydroxylation is 1. The summed E-state index contributed by atoms with van der Waals surface area (Å²) in [6.45, 7) is 6.33. The van der Waals surface area contributed by atoms with Gasteiger partial charge in [0.15, 0.2) is 11.2 Å². The summed E-state index contributed by atoms with van der Waals surface area (Å²) >= 11 is 0. The molecule has 0 radical (unpaired) electrons. The maximum atomic E-state index is 13.4. The molecule has 10 nitrogen and oxygen atoms in total. The Labute approximate surface area is 185 Å². The van der Waals surface area contributed by atoms with Crippen LogP contribution in [0.25, 0.3) is 11.2 Å². The van der Waals surface area contributed by atoms with Gasteiger partial charge < -0.3 is 23.7 Å². The molecule has 2 aromatic heterocycles. The van der Waals surface area contributed by atoms with Gasteiger partial charge in [0.05, 0.1) is 33.1 Å². The number of benzene rings is 1. The molecule has 0 unspecified atom stereocenters. The fourth-order valence-electron chi connectivity index (χ4n) is 4.21. The second-order valence-corrected chi connectivity index (χ2v) is 7.94. The lowest BCUT2D eigenvalue weighted by Gasteiger charge is -2.33. The summed E-state index contributed by atoms with van der Waals surface area (Å²) in [7, 11) is 4.85. The maximum Gasteiger partial charge on any atom is 0.332 e. The number of nitrogens with zero attached hydrogens (tertiary/aromatic N) is 5. The number of hydrogen-bond acceptors (Lipinski definition) is 7. The van der Waals surface area contributed by atoms with Gasteiger partial charge in [-0.05, 0) is 25.0 Å². The van der Waals surface area contributed by atoms with E-state index in [1.54, 1.807) is 21.3 Å². The van der Waals surface area contributed by atoms with E-state index in [9.17, 15) is 9.59 Å². The lowest BCUT2D eigenvalue weighted by atomic mass is 10.1. The molecule has 0 amide bonds. The fraction of sp³-hybridized carbons (Fsp3) is 0.500. The van der Waals surface area contributed by atoms with Crippen molar-refractivity contribution in [2.75, 3.05) is 38.9 Å². The third-order valence-corrected chi connectivity index (χ3v) is 5.78. The number of ether oxygens (including phenoxy) is 3. The van der Waals surface area contributed by atoms with Crippen molar-refractivity contribution < 1.29 is 14.2 Å². The van der Waals surface area contributed by atoms with E-state index < -0.39 is 5.69 Å². The van der Waals surface area contributed by atoms with Gasteiger partial charge in [0, 0.05) is 32.8 Å². The summed E-state index contributed by atoms with van der Waals surface area (Å²) in [4.78, 5) is 33.0. The van der Waals surface area contributed by atoms with Crippen LogP contribution in [0.3, 0.4) is 0 Å². The lowest BCUT2D eigenvalue weighted by molar-refractivity contribution is 0.137. The van der Waals surface area contributed by atoms with Crippen LogP contribution in [-0.2, 0) is 24.9 Å². The second-order valence-electron chi connectivity index (χ2n) is 7.94. The summed E-state index contributed by atoms with van der Waals surface area (Å²) in [5.74, 6) is 2.17. The van der Waals surface area contributed by atoms with Crippen LogP contribution in [-0.4, -0.2) is 52.7 Å². The third-order valence-electron chi connectivity index (χ3n) is 5.78. The van der Waals surface area contributed by atoms with Crippen LogP contribution < -0.4 is 25.6 Å². The molecule has 0 N–H and O–H groups in total. The Kier molecular flexibility index (Phi) is 5.96. The maximum absolute atomic E-state index is 13.4. The molecule has 0 saturated carbocycles. The Balaban J connectivity index is 1.92. The van der Waals surface area contributed by atoms with E-state index in [2.05, 4.69) is 6.92 Å². The molecule has 0 aliphatic carbocycles. The van der Waals surface area contributed by atoms with Crippen molar-refractivity contribution in [1.29, 1.82) is 0 Å². The molecule has 0 bridgehead atoms. The predicted octanol–water partition coefficient (Wildman–Crippen LogP) is 1.74. The Bertz CT molecular complexity index is 1260. The van der Waals surface area contributed by atoms with Gasteiger partial charge in [-0.1, -0.05) is 6.92 Å². The number of imidazole rings is 1. The summed E-state index contributed by atoms with van der Waals surface area (Å²) in [5, 5.41) is 0. The van der Waals surface area contributed by atoms with Crippen LogP contribution in [0.2, 0.25) is 0 Å².